The van der Waals surface area contributed by atoms with Crippen molar-refractivity contribution >= 4 is 29.2 Å². The number of Topliss-reactive ketones (excluding diaryl/α,β-unsaturated/α-hetero) is 2. The number of likely N-dealkylation sites (N-methyl/N-ethyl adjacent to an activating group) is 1. The predicted molar refractivity (Wildman–Crippen MR) is 150 cm³/mol. The second kappa shape index (κ2) is 10.1. The monoisotopic (exact) mass is 576 g/mol. The Kier molecular flexibility index (Phi) is 6.99. The Bertz CT molecular complexity index is 1600. The summed E-state index contributed by atoms with van der Waals surface area (Å²) in [5, 5.41) is 44.9. The molecule has 2 aromatic carbocycles. The Morgan fingerprint density at radius 1 is 1.07 bits per heavy atom. The predicted octanol–water partition coefficient (Wildman–Crippen LogP) is 1.91. The molecule has 42 heavy (non-hydrogen) atoms. The zero-order valence-electron chi connectivity index (χ0n) is 23.5. The van der Waals surface area contributed by atoms with E-state index in [-0.39, 0.29) is 35.7 Å². The number of fused-ring (bicyclic) bond motifs is 3. The average Bonchev–Trinajstić information content (AvgIpc) is 2.94. The van der Waals surface area contributed by atoms with Crippen LogP contribution in [0, 0.1) is 11.8 Å². The van der Waals surface area contributed by atoms with E-state index >= 15 is 0 Å². The lowest BCUT2D eigenvalue weighted by Gasteiger charge is -2.50. The van der Waals surface area contributed by atoms with Crippen LogP contribution in [0.4, 0.5) is 0 Å². The first kappa shape index (κ1) is 29.0. The molecule has 5 rings (SSSR count). The van der Waals surface area contributed by atoms with Crippen LogP contribution in [0.15, 0.2) is 53.3 Å². The summed E-state index contributed by atoms with van der Waals surface area (Å²) in [7, 11) is 4.42. The van der Waals surface area contributed by atoms with Crippen LogP contribution < -0.4 is 5.73 Å². The molecule has 3 aliphatic carbocycles. The van der Waals surface area contributed by atoms with Gasteiger partial charge in [-0.1, -0.05) is 30.3 Å². The highest BCUT2D eigenvalue weighted by atomic mass is 16.5. The third-order valence-corrected chi connectivity index (χ3v) is 8.88. The smallest absolute Gasteiger partial charge is 0.312 e. The maximum atomic E-state index is 14.0. The number of aromatic hydroxyl groups is 1. The van der Waals surface area contributed by atoms with E-state index in [2.05, 4.69) is 0 Å². The van der Waals surface area contributed by atoms with Gasteiger partial charge in [0.1, 0.15) is 22.8 Å². The molecule has 220 valence electrons. The summed E-state index contributed by atoms with van der Waals surface area (Å²) in [5.74, 6) is -7.83. The largest absolute Gasteiger partial charge is 0.508 e. The zero-order valence-corrected chi connectivity index (χ0v) is 23.5. The number of amides is 1. The number of aliphatic hydroxyl groups excluding tert-OH is 2. The molecule has 2 aromatic rings. The molecule has 0 radical (unpaired) electrons. The number of nitrogens with zero attached hydrogens (tertiary/aromatic N) is 1. The van der Waals surface area contributed by atoms with Gasteiger partial charge in [0.05, 0.1) is 24.6 Å². The van der Waals surface area contributed by atoms with E-state index in [1.165, 1.54) is 18.1 Å². The van der Waals surface area contributed by atoms with Crippen molar-refractivity contribution in [2.75, 3.05) is 21.2 Å². The third kappa shape index (κ3) is 4.03. The normalized spacial score (nSPS) is 26.0. The number of hydrogen-bond donors (Lipinski definition) is 5. The van der Waals surface area contributed by atoms with E-state index in [0.717, 1.165) is 11.1 Å². The van der Waals surface area contributed by atoms with Crippen molar-refractivity contribution in [3.8, 4) is 16.9 Å². The number of phenolic OH excluding ortho intramolecular Hbond substituents is 1. The fraction of sp³-hybridized carbons (Fsp3) is 0.355. The molecular formula is C31H32N2O9. The summed E-state index contributed by atoms with van der Waals surface area (Å²) >= 11 is 0. The minimum atomic E-state index is -2.69. The van der Waals surface area contributed by atoms with Gasteiger partial charge in [-0.05, 0) is 68.1 Å². The second-order valence-electron chi connectivity index (χ2n) is 11.3. The van der Waals surface area contributed by atoms with E-state index < -0.39 is 64.0 Å². The molecule has 11 nitrogen and oxygen atoms in total. The fourth-order valence-corrected chi connectivity index (χ4v) is 6.78. The van der Waals surface area contributed by atoms with Gasteiger partial charge >= 0.3 is 5.97 Å². The van der Waals surface area contributed by atoms with Gasteiger partial charge in [0, 0.05) is 11.5 Å². The summed E-state index contributed by atoms with van der Waals surface area (Å²) in [6.07, 6.45) is 0.162. The first-order valence-corrected chi connectivity index (χ1v) is 13.4. The molecule has 6 N–H and O–H groups in total. The number of benzene rings is 2. The lowest BCUT2D eigenvalue weighted by Crippen LogP contribution is -2.65. The van der Waals surface area contributed by atoms with Crippen LogP contribution in [0.5, 0.6) is 5.75 Å². The van der Waals surface area contributed by atoms with Crippen LogP contribution in [-0.4, -0.2) is 81.6 Å². The maximum absolute atomic E-state index is 14.0. The number of methoxy groups -OCH3 is 1. The highest BCUT2D eigenvalue weighted by Gasteiger charge is 2.64. The van der Waals surface area contributed by atoms with E-state index in [4.69, 9.17) is 10.5 Å². The van der Waals surface area contributed by atoms with Crippen molar-refractivity contribution in [3.63, 3.8) is 0 Å². The molecule has 1 unspecified atom stereocenters. The number of aliphatic hydroxyl groups is 3. The Balaban J connectivity index is 1.65. The molecule has 1 amide bonds. The molecule has 0 aliphatic heterocycles. The minimum Gasteiger partial charge on any atom is -0.508 e. The molecule has 3 aliphatic rings. The Hall–Kier alpha value is -4.48. The number of ketones is 2. The molecule has 0 aromatic heterocycles. The quantitative estimate of drug-likeness (QED) is 0.260. The number of ether oxygens (including phenoxy) is 1. The summed E-state index contributed by atoms with van der Waals surface area (Å²) in [6.45, 7) is 1.73. The van der Waals surface area contributed by atoms with Crippen LogP contribution in [-0.2, 0) is 30.3 Å². The third-order valence-electron chi connectivity index (χ3n) is 8.88. The SMILES string of the molecule is COC(=O)C(C)c1ccc(-c2ccc(O)c3c2C[C@@H]2C[C@@H]4[C@@H](N(C)C)C(=O)C(C(N)=O)=C(O)[C@]4(O)C(=O)C2=C3O)cc1. The van der Waals surface area contributed by atoms with Gasteiger partial charge in [0.25, 0.3) is 5.91 Å². The lowest BCUT2D eigenvalue weighted by atomic mass is 9.57. The van der Waals surface area contributed by atoms with E-state index in [1.54, 1.807) is 51.4 Å². The van der Waals surface area contributed by atoms with Crippen molar-refractivity contribution in [3.05, 3.63) is 70.0 Å². The van der Waals surface area contributed by atoms with Gasteiger partial charge in [-0.3, -0.25) is 24.1 Å². The Labute approximate surface area is 241 Å². The van der Waals surface area contributed by atoms with Crippen LogP contribution >= 0.6 is 0 Å². The number of carbonyl (C=O) groups excluding carboxylic acids is 4. The summed E-state index contributed by atoms with van der Waals surface area (Å²) in [4.78, 5) is 52.8. The van der Waals surface area contributed by atoms with Gasteiger partial charge in [-0.25, -0.2) is 0 Å². The number of carbonyl (C=O) groups is 4. The highest BCUT2D eigenvalue weighted by molar-refractivity contribution is 6.24. The summed E-state index contributed by atoms with van der Waals surface area (Å²) in [6, 6.07) is 9.08. The minimum absolute atomic E-state index is 0.00353. The number of phenols is 1. The van der Waals surface area contributed by atoms with Crippen molar-refractivity contribution < 1.29 is 44.3 Å². The van der Waals surface area contributed by atoms with Crippen LogP contribution in [0.25, 0.3) is 16.9 Å². The summed E-state index contributed by atoms with van der Waals surface area (Å²) in [5.41, 5.74) is 4.30. The fourth-order valence-electron chi connectivity index (χ4n) is 6.78. The average molecular weight is 577 g/mol. The first-order valence-electron chi connectivity index (χ1n) is 13.4. The number of hydrogen-bond acceptors (Lipinski definition) is 10. The number of primary amides is 1. The summed E-state index contributed by atoms with van der Waals surface area (Å²) < 4.78 is 4.83. The van der Waals surface area contributed by atoms with Gasteiger partial charge < -0.3 is 30.9 Å². The van der Waals surface area contributed by atoms with Gasteiger partial charge in [0.2, 0.25) is 5.78 Å². The van der Waals surface area contributed by atoms with Crippen molar-refractivity contribution in [2.24, 2.45) is 17.6 Å². The van der Waals surface area contributed by atoms with Gasteiger partial charge in [0.15, 0.2) is 11.4 Å². The standard InChI is InChI=1S/C31H32N2O9/c1-13(30(40)42-4)14-5-7-15(8-6-14)17-9-10-20(34)22-18(17)11-16-12-19-24(33(2)3)26(36)23(29(32)39)28(38)31(19,41)27(37)21(16)25(22)35/h5-10,13,16,19,24,34-35,38,41H,11-12H2,1-4H3,(H2,32,39)/t13?,16-,19-,24-,31-/m1/s1. The van der Waals surface area contributed by atoms with Crippen molar-refractivity contribution in [1.29, 1.82) is 0 Å². The van der Waals surface area contributed by atoms with Crippen LogP contribution in [0.1, 0.15) is 36.0 Å². The molecule has 5 atom stereocenters. The lowest BCUT2D eigenvalue weighted by molar-refractivity contribution is -0.153. The van der Waals surface area contributed by atoms with Crippen LogP contribution in [0.2, 0.25) is 0 Å². The van der Waals surface area contributed by atoms with Gasteiger partial charge in [-0.2, -0.15) is 0 Å². The van der Waals surface area contributed by atoms with Crippen LogP contribution in [0.3, 0.4) is 0 Å². The molecule has 1 saturated carbocycles. The molecule has 0 saturated heterocycles. The Morgan fingerprint density at radius 3 is 2.29 bits per heavy atom. The molecule has 0 bridgehead atoms. The van der Waals surface area contributed by atoms with E-state index in [1.807, 2.05) is 0 Å². The number of rotatable bonds is 5. The number of nitrogens with two attached hydrogens (primary N) is 1. The van der Waals surface area contributed by atoms with E-state index in [0.29, 0.717) is 11.1 Å². The van der Waals surface area contributed by atoms with Crippen molar-refractivity contribution in [1.82, 2.24) is 4.90 Å². The Morgan fingerprint density at radius 2 is 1.71 bits per heavy atom. The van der Waals surface area contributed by atoms with Crippen molar-refractivity contribution in [2.45, 2.75) is 37.3 Å². The molecule has 0 heterocycles. The van der Waals surface area contributed by atoms with Gasteiger partial charge in [-0.15, -0.1) is 0 Å². The first-order chi connectivity index (χ1) is 19.7. The molecule has 0 spiro atoms. The van der Waals surface area contributed by atoms with E-state index in [9.17, 15) is 39.6 Å². The maximum Gasteiger partial charge on any atom is 0.312 e. The number of esters is 1. The molecule has 11 heteroatoms. The zero-order chi connectivity index (χ0) is 30.8. The molecule has 1 fully saturated rings. The topological polar surface area (TPSA) is 188 Å². The molecular weight excluding hydrogens is 544 g/mol. The highest BCUT2D eigenvalue weighted by Crippen LogP contribution is 2.53. The second-order valence-corrected chi connectivity index (χ2v) is 11.3.